The Bertz CT molecular complexity index is 859. The molecule has 32 heavy (non-hydrogen) atoms. The van der Waals surface area contributed by atoms with Gasteiger partial charge in [0.15, 0.2) is 11.5 Å². The van der Waals surface area contributed by atoms with Crippen LogP contribution < -0.4 is 14.8 Å². The van der Waals surface area contributed by atoms with Gasteiger partial charge in [0.2, 0.25) is 5.91 Å². The van der Waals surface area contributed by atoms with Gasteiger partial charge in [0, 0.05) is 39.3 Å². The maximum Gasteiger partial charge on any atom is 0.234 e. The van der Waals surface area contributed by atoms with E-state index in [9.17, 15) is 4.79 Å². The molecule has 0 aliphatic carbocycles. The van der Waals surface area contributed by atoms with Gasteiger partial charge in [-0.2, -0.15) is 0 Å². The smallest absolute Gasteiger partial charge is 0.234 e. The largest absolute Gasteiger partial charge is 0.493 e. The van der Waals surface area contributed by atoms with Gasteiger partial charge in [-0.15, -0.1) is 0 Å². The van der Waals surface area contributed by atoms with E-state index in [0.29, 0.717) is 19.0 Å². The van der Waals surface area contributed by atoms with Gasteiger partial charge in [-0.25, -0.2) is 0 Å². The first-order valence-corrected chi connectivity index (χ1v) is 11.5. The Morgan fingerprint density at radius 2 is 1.53 bits per heavy atom. The summed E-state index contributed by atoms with van der Waals surface area (Å²) in [5, 5.41) is 3.07. The molecule has 1 heterocycles. The molecule has 1 fully saturated rings. The fourth-order valence-electron chi connectivity index (χ4n) is 4.02. The van der Waals surface area contributed by atoms with Crippen LogP contribution in [0.3, 0.4) is 0 Å². The summed E-state index contributed by atoms with van der Waals surface area (Å²) in [6, 6.07) is 14.8. The molecule has 0 aromatic heterocycles. The second-order valence-corrected chi connectivity index (χ2v) is 8.74. The van der Waals surface area contributed by atoms with Crippen LogP contribution in [0, 0.1) is 0 Å². The van der Waals surface area contributed by atoms with Crippen molar-refractivity contribution < 1.29 is 14.3 Å². The van der Waals surface area contributed by atoms with Crippen LogP contribution in [0.4, 0.5) is 0 Å². The standard InChI is InChI=1S/C26H37N3O3/c1-20(2)23-8-5-21(6-9-23)11-12-27-26(30)19-29-15-13-28(14-16-29)18-22-7-10-24(31-3)25(17-22)32-4/h5-10,17,20H,11-16,18-19H2,1-4H3,(H,27,30). The Morgan fingerprint density at radius 3 is 2.16 bits per heavy atom. The fraction of sp³-hybridized carbons (Fsp3) is 0.500. The summed E-state index contributed by atoms with van der Waals surface area (Å²) in [5.74, 6) is 2.16. The predicted octanol–water partition coefficient (Wildman–Crippen LogP) is 3.30. The van der Waals surface area contributed by atoms with Gasteiger partial charge in [0.1, 0.15) is 0 Å². The summed E-state index contributed by atoms with van der Waals surface area (Å²) in [6.45, 7) is 10.1. The number of piperazine rings is 1. The lowest BCUT2D eigenvalue weighted by molar-refractivity contribution is -0.122. The van der Waals surface area contributed by atoms with Gasteiger partial charge < -0.3 is 14.8 Å². The molecule has 0 unspecified atom stereocenters. The first kappa shape index (κ1) is 24.1. The van der Waals surface area contributed by atoms with Crippen LogP contribution in [-0.2, 0) is 17.8 Å². The van der Waals surface area contributed by atoms with Crippen molar-refractivity contribution >= 4 is 5.91 Å². The van der Waals surface area contributed by atoms with Crippen molar-refractivity contribution in [2.24, 2.45) is 0 Å². The summed E-state index contributed by atoms with van der Waals surface area (Å²) < 4.78 is 10.7. The molecule has 1 N–H and O–H groups in total. The fourth-order valence-corrected chi connectivity index (χ4v) is 4.02. The van der Waals surface area contributed by atoms with Gasteiger partial charge in [-0.05, 0) is 41.2 Å². The lowest BCUT2D eigenvalue weighted by Gasteiger charge is -2.34. The normalized spacial score (nSPS) is 15.0. The molecule has 3 rings (SSSR count). The summed E-state index contributed by atoms with van der Waals surface area (Å²) in [4.78, 5) is 17.0. The van der Waals surface area contributed by atoms with E-state index in [1.165, 1.54) is 16.7 Å². The molecular formula is C26H37N3O3. The molecule has 0 saturated carbocycles. The maximum atomic E-state index is 12.4. The van der Waals surface area contributed by atoms with E-state index in [4.69, 9.17) is 9.47 Å². The third-order valence-corrected chi connectivity index (χ3v) is 6.07. The Kier molecular flexibility index (Phi) is 8.94. The zero-order chi connectivity index (χ0) is 22.9. The van der Waals surface area contributed by atoms with Crippen molar-refractivity contribution in [2.45, 2.75) is 32.7 Å². The molecule has 2 aromatic rings. The van der Waals surface area contributed by atoms with Crippen LogP contribution in [-0.4, -0.2) is 69.2 Å². The number of nitrogens with one attached hydrogen (secondary N) is 1. The zero-order valence-electron chi connectivity index (χ0n) is 19.9. The molecule has 0 spiro atoms. The number of ether oxygens (including phenoxy) is 2. The second kappa shape index (κ2) is 11.9. The van der Waals surface area contributed by atoms with E-state index in [0.717, 1.165) is 50.6 Å². The van der Waals surface area contributed by atoms with Crippen LogP contribution in [0.1, 0.15) is 36.5 Å². The summed E-state index contributed by atoms with van der Waals surface area (Å²) >= 11 is 0. The predicted molar refractivity (Wildman–Crippen MR) is 129 cm³/mol. The van der Waals surface area contributed by atoms with Crippen molar-refractivity contribution in [1.82, 2.24) is 15.1 Å². The number of hydrogen-bond donors (Lipinski definition) is 1. The number of rotatable bonds is 10. The van der Waals surface area contributed by atoms with Crippen molar-refractivity contribution in [3.05, 3.63) is 59.2 Å². The molecule has 1 amide bonds. The zero-order valence-corrected chi connectivity index (χ0v) is 19.9. The number of nitrogens with zero attached hydrogens (tertiary/aromatic N) is 2. The summed E-state index contributed by atoms with van der Waals surface area (Å²) in [6.07, 6.45) is 0.864. The third-order valence-electron chi connectivity index (χ3n) is 6.07. The first-order chi connectivity index (χ1) is 15.5. The molecule has 0 atom stereocenters. The van der Waals surface area contributed by atoms with E-state index >= 15 is 0 Å². The Balaban J connectivity index is 1.36. The van der Waals surface area contributed by atoms with E-state index in [-0.39, 0.29) is 5.91 Å². The molecular weight excluding hydrogens is 402 g/mol. The van der Waals surface area contributed by atoms with E-state index in [2.05, 4.69) is 59.3 Å². The van der Waals surface area contributed by atoms with E-state index in [1.54, 1.807) is 14.2 Å². The van der Waals surface area contributed by atoms with Crippen molar-refractivity contribution in [2.75, 3.05) is 53.5 Å². The Morgan fingerprint density at radius 1 is 0.906 bits per heavy atom. The highest BCUT2D eigenvalue weighted by Crippen LogP contribution is 2.28. The average molecular weight is 440 g/mol. The van der Waals surface area contributed by atoms with Crippen LogP contribution in [0.25, 0.3) is 0 Å². The van der Waals surface area contributed by atoms with Gasteiger partial charge in [0.05, 0.1) is 20.8 Å². The second-order valence-electron chi connectivity index (χ2n) is 8.74. The summed E-state index contributed by atoms with van der Waals surface area (Å²) in [7, 11) is 3.31. The van der Waals surface area contributed by atoms with Crippen LogP contribution in [0.15, 0.2) is 42.5 Å². The average Bonchev–Trinajstić information content (AvgIpc) is 2.80. The maximum absolute atomic E-state index is 12.4. The SMILES string of the molecule is COc1ccc(CN2CCN(CC(=O)NCCc3ccc(C(C)C)cc3)CC2)cc1OC. The highest BCUT2D eigenvalue weighted by atomic mass is 16.5. The van der Waals surface area contributed by atoms with Gasteiger partial charge in [-0.1, -0.05) is 44.2 Å². The van der Waals surface area contributed by atoms with Gasteiger partial charge in [0.25, 0.3) is 0 Å². The van der Waals surface area contributed by atoms with E-state index in [1.807, 2.05) is 12.1 Å². The number of hydrogen-bond acceptors (Lipinski definition) is 5. The minimum absolute atomic E-state index is 0.108. The number of amides is 1. The number of carbonyl (C=O) groups is 1. The van der Waals surface area contributed by atoms with Gasteiger partial charge in [-0.3, -0.25) is 14.6 Å². The topological polar surface area (TPSA) is 54.0 Å². The monoisotopic (exact) mass is 439 g/mol. The number of carbonyl (C=O) groups excluding carboxylic acids is 1. The molecule has 2 aromatic carbocycles. The molecule has 6 heteroatoms. The number of methoxy groups -OCH3 is 2. The number of benzene rings is 2. The van der Waals surface area contributed by atoms with Crippen LogP contribution in [0.2, 0.25) is 0 Å². The molecule has 6 nitrogen and oxygen atoms in total. The molecule has 174 valence electrons. The Hall–Kier alpha value is -2.57. The molecule has 0 bridgehead atoms. The minimum Gasteiger partial charge on any atom is -0.493 e. The van der Waals surface area contributed by atoms with Gasteiger partial charge >= 0.3 is 0 Å². The lowest BCUT2D eigenvalue weighted by Crippen LogP contribution is -2.49. The molecule has 1 aliphatic heterocycles. The molecule has 1 aliphatic rings. The minimum atomic E-state index is 0.108. The lowest BCUT2D eigenvalue weighted by atomic mass is 10.0. The highest BCUT2D eigenvalue weighted by molar-refractivity contribution is 5.78. The van der Waals surface area contributed by atoms with E-state index < -0.39 is 0 Å². The molecule has 0 radical (unpaired) electrons. The highest BCUT2D eigenvalue weighted by Gasteiger charge is 2.19. The van der Waals surface area contributed by atoms with Crippen LogP contribution >= 0.6 is 0 Å². The van der Waals surface area contributed by atoms with Crippen LogP contribution in [0.5, 0.6) is 11.5 Å². The quantitative estimate of drug-likeness (QED) is 0.616. The van der Waals surface area contributed by atoms with Crippen molar-refractivity contribution in [3.63, 3.8) is 0 Å². The van der Waals surface area contributed by atoms with Crippen molar-refractivity contribution in [1.29, 1.82) is 0 Å². The first-order valence-electron chi connectivity index (χ1n) is 11.5. The summed E-state index contributed by atoms with van der Waals surface area (Å²) in [5.41, 5.74) is 3.82. The third kappa shape index (κ3) is 6.97. The Labute approximate surface area is 192 Å². The van der Waals surface area contributed by atoms with Crippen molar-refractivity contribution in [3.8, 4) is 11.5 Å². The molecule has 1 saturated heterocycles.